The van der Waals surface area contributed by atoms with E-state index in [4.69, 9.17) is 9.97 Å². The van der Waals surface area contributed by atoms with E-state index < -0.39 is 0 Å². The molecule has 366 valence electrons. The van der Waals surface area contributed by atoms with Crippen molar-refractivity contribution in [3.8, 4) is 56.7 Å². The number of aryl methyl sites for hydroxylation is 2. The summed E-state index contributed by atoms with van der Waals surface area (Å²) in [7, 11) is 0. The van der Waals surface area contributed by atoms with Gasteiger partial charge in [-0.2, -0.15) is 0 Å². The molecule has 0 aliphatic rings. The van der Waals surface area contributed by atoms with Crippen molar-refractivity contribution in [3.63, 3.8) is 0 Å². The lowest BCUT2D eigenvalue weighted by molar-refractivity contribution is 1.14. The lowest BCUT2D eigenvalue weighted by atomic mass is 10.0. The molecule has 78 heavy (non-hydrogen) atoms. The average Bonchev–Trinajstić information content (AvgIpc) is 4.27. The summed E-state index contributed by atoms with van der Waals surface area (Å²) < 4.78 is 9.65. The predicted molar refractivity (Wildman–Crippen MR) is 325 cm³/mol. The summed E-state index contributed by atoms with van der Waals surface area (Å²) in [6.45, 7) is 4.43. The van der Waals surface area contributed by atoms with Crippen LogP contribution in [0.5, 0.6) is 0 Å². The highest BCUT2D eigenvalue weighted by Crippen LogP contribution is 2.41. The van der Waals surface area contributed by atoms with Gasteiger partial charge in [-0.05, 0) is 128 Å². The van der Waals surface area contributed by atoms with E-state index in [2.05, 4.69) is 281 Å². The molecule has 0 saturated heterocycles. The maximum atomic E-state index is 5.29. The third kappa shape index (κ3) is 6.63. The number of para-hydroxylation sites is 6. The second-order valence-corrected chi connectivity index (χ2v) is 20.7. The maximum Gasteiger partial charge on any atom is 0.160 e. The molecule has 0 saturated carbocycles. The van der Waals surface area contributed by atoms with E-state index in [1.807, 2.05) is 6.07 Å². The predicted octanol–water partition coefficient (Wildman–Crippen LogP) is 18.5. The summed E-state index contributed by atoms with van der Waals surface area (Å²) >= 11 is 0. The van der Waals surface area contributed by atoms with Crippen LogP contribution in [0.4, 0.5) is 0 Å². The minimum absolute atomic E-state index is 0.689. The van der Waals surface area contributed by atoms with Crippen LogP contribution >= 0.6 is 0 Å². The number of nitrogens with zero attached hydrogens (tertiary/aromatic N) is 6. The van der Waals surface area contributed by atoms with Gasteiger partial charge in [0.2, 0.25) is 0 Å². The highest BCUT2D eigenvalue weighted by atomic mass is 15.0. The van der Waals surface area contributed by atoms with Crippen LogP contribution in [0.15, 0.2) is 255 Å². The van der Waals surface area contributed by atoms with E-state index in [1.54, 1.807) is 0 Å². The zero-order valence-corrected chi connectivity index (χ0v) is 42.9. The van der Waals surface area contributed by atoms with Gasteiger partial charge in [-0.15, -0.1) is 0 Å². The Hall–Kier alpha value is -10.3. The van der Waals surface area contributed by atoms with E-state index in [0.29, 0.717) is 5.82 Å². The minimum Gasteiger partial charge on any atom is -0.309 e. The Morgan fingerprint density at radius 3 is 0.936 bits per heavy atom. The number of benzene rings is 11. The van der Waals surface area contributed by atoms with E-state index in [-0.39, 0.29) is 0 Å². The normalized spacial score (nSPS) is 12.0. The van der Waals surface area contributed by atoms with Crippen molar-refractivity contribution in [2.24, 2.45) is 0 Å². The summed E-state index contributed by atoms with van der Waals surface area (Å²) in [6, 6.07) is 92.3. The van der Waals surface area contributed by atoms with Crippen LogP contribution in [-0.4, -0.2) is 28.2 Å². The fourth-order valence-corrected chi connectivity index (χ4v) is 12.7. The minimum atomic E-state index is 0.689. The Morgan fingerprint density at radius 1 is 0.244 bits per heavy atom. The standard InChI is InChI=1S/C72H48N6/c1-45-40-48(32-36-62(45)77-68-30-16-10-24-56(68)58-42-50(34-38-70(58)77)75-64-26-12-6-20-52(64)53-21-7-13-27-65(53)75)60-44-61(74-72(73-60)47-18-4-3-5-19-47)49-33-37-63(46(2)41-49)78-69-31-17-11-25-57(69)59-43-51(35-39-71(59)78)76-66-28-14-8-22-54(66)55-23-9-15-29-67(55)76/h3-44H,1-2H3. The molecule has 0 aliphatic heterocycles. The van der Waals surface area contributed by atoms with Crippen LogP contribution in [-0.2, 0) is 0 Å². The fraction of sp³-hybridized carbons (Fsp3) is 0.0278. The molecule has 0 atom stereocenters. The van der Waals surface area contributed by atoms with Crippen molar-refractivity contribution in [2.45, 2.75) is 13.8 Å². The molecule has 0 aliphatic carbocycles. The Labute approximate surface area is 449 Å². The number of aromatic nitrogens is 6. The zero-order chi connectivity index (χ0) is 51.6. The van der Waals surface area contributed by atoms with Gasteiger partial charge in [0.1, 0.15) is 0 Å². The lowest BCUT2D eigenvalue weighted by Gasteiger charge is -2.15. The topological polar surface area (TPSA) is 45.5 Å². The molecular weight excluding hydrogens is 949 g/mol. The molecule has 16 aromatic rings. The maximum absolute atomic E-state index is 5.29. The first-order valence-corrected chi connectivity index (χ1v) is 26.7. The second-order valence-electron chi connectivity index (χ2n) is 20.7. The SMILES string of the molecule is Cc1cc(-c2cc(-c3ccc(-n4c5ccccc5c5cc(-n6c7ccccc7c7ccccc76)ccc54)c(C)c3)nc(-c3ccccc3)n2)ccc1-n1c2ccccc2c2cc(-n3c4ccccc4c4ccccc43)ccc21. The van der Waals surface area contributed by atoms with Crippen LogP contribution in [0.1, 0.15) is 11.1 Å². The summed E-state index contributed by atoms with van der Waals surface area (Å²) in [4.78, 5) is 10.6. The molecule has 0 bridgehead atoms. The van der Waals surface area contributed by atoms with Gasteiger partial charge in [-0.1, -0.05) is 152 Å². The first-order valence-electron chi connectivity index (χ1n) is 26.7. The Morgan fingerprint density at radius 2 is 0.564 bits per heavy atom. The molecule has 6 nitrogen and oxygen atoms in total. The molecule has 0 radical (unpaired) electrons. The Balaban J connectivity index is 0.793. The van der Waals surface area contributed by atoms with Gasteiger partial charge >= 0.3 is 0 Å². The number of hydrogen-bond acceptors (Lipinski definition) is 2. The van der Waals surface area contributed by atoms with Gasteiger partial charge < -0.3 is 18.3 Å². The molecule has 11 aromatic carbocycles. The monoisotopic (exact) mass is 996 g/mol. The smallest absolute Gasteiger partial charge is 0.160 e. The molecular formula is C72H48N6. The summed E-state index contributed by atoms with van der Waals surface area (Å²) in [5, 5.41) is 9.89. The third-order valence-electron chi connectivity index (χ3n) is 16.2. The first-order chi connectivity index (χ1) is 38.5. The van der Waals surface area contributed by atoms with E-state index in [0.717, 1.165) is 73.0 Å². The van der Waals surface area contributed by atoms with Crippen LogP contribution in [0.3, 0.4) is 0 Å². The average molecular weight is 997 g/mol. The van der Waals surface area contributed by atoms with Gasteiger partial charge in [0.15, 0.2) is 5.82 Å². The molecule has 0 amide bonds. The quantitative estimate of drug-likeness (QED) is 0.160. The van der Waals surface area contributed by atoms with Gasteiger partial charge in [0, 0.05) is 82.5 Å². The summed E-state index contributed by atoms with van der Waals surface area (Å²) in [5.41, 5.74) is 21.1. The number of rotatable bonds is 7. The molecule has 16 rings (SSSR count). The largest absolute Gasteiger partial charge is 0.309 e. The molecule has 6 heteroatoms. The van der Waals surface area contributed by atoms with E-state index >= 15 is 0 Å². The zero-order valence-electron chi connectivity index (χ0n) is 42.9. The van der Waals surface area contributed by atoms with Gasteiger partial charge in [-0.3, -0.25) is 0 Å². The van der Waals surface area contributed by atoms with Gasteiger partial charge in [0.25, 0.3) is 0 Å². The number of hydrogen-bond donors (Lipinski definition) is 0. The van der Waals surface area contributed by atoms with E-state index in [9.17, 15) is 0 Å². The molecule has 0 unspecified atom stereocenters. The number of fused-ring (bicyclic) bond motifs is 12. The van der Waals surface area contributed by atoms with Crippen molar-refractivity contribution in [1.29, 1.82) is 0 Å². The highest BCUT2D eigenvalue weighted by molar-refractivity contribution is 6.14. The van der Waals surface area contributed by atoms with Gasteiger partial charge in [0.05, 0.1) is 55.5 Å². The van der Waals surface area contributed by atoms with Crippen LogP contribution in [0, 0.1) is 13.8 Å². The van der Waals surface area contributed by atoms with Crippen molar-refractivity contribution >= 4 is 87.2 Å². The Kier molecular flexibility index (Phi) is 9.66. The lowest BCUT2D eigenvalue weighted by Crippen LogP contribution is -2.00. The van der Waals surface area contributed by atoms with Crippen LogP contribution < -0.4 is 0 Å². The van der Waals surface area contributed by atoms with Gasteiger partial charge in [-0.25, -0.2) is 9.97 Å². The van der Waals surface area contributed by atoms with Crippen LogP contribution in [0.2, 0.25) is 0 Å². The second kappa shape index (κ2) is 17.1. The molecule has 0 fully saturated rings. The van der Waals surface area contributed by atoms with E-state index in [1.165, 1.54) is 76.2 Å². The van der Waals surface area contributed by atoms with Crippen LogP contribution in [0.25, 0.3) is 144 Å². The molecule has 5 heterocycles. The van der Waals surface area contributed by atoms with Crippen molar-refractivity contribution in [3.05, 3.63) is 266 Å². The Bertz CT molecular complexity index is 4720. The highest BCUT2D eigenvalue weighted by Gasteiger charge is 2.21. The molecule has 5 aromatic heterocycles. The summed E-state index contributed by atoms with van der Waals surface area (Å²) in [6.07, 6.45) is 0. The first kappa shape index (κ1) is 44.0. The third-order valence-corrected chi connectivity index (χ3v) is 16.2. The van der Waals surface area contributed by atoms with Crippen molar-refractivity contribution < 1.29 is 0 Å². The van der Waals surface area contributed by atoms with Crippen molar-refractivity contribution in [2.75, 3.05) is 0 Å². The molecule has 0 spiro atoms. The van der Waals surface area contributed by atoms with Crippen molar-refractivity contribution in [1.82, 2.24) is 28.2 Å². The fourth-order valence-electron chi connectivity index (χ4n) is 12.7. The molecule has 0 N–H and O–H groups in total. The summed E-state index contributed by atoms with van der Waals surface area (Å²) in [5.74, 6) is 0.689.